The Bertz CT molecular complexity index is 692. The minimum atomic E-state index is -0.254. The highest BCUT2D eigenvalue weighted by atomic mass is 35.5. The molecule has 0 saturated carbocycles. The zero-order valence-electron chi connectivity index (χ0n) is 11.6. The van der Waals surface area contributed by atoms with Crippen molar-refractivity contribution in [2.45, 2.75) is 0 Å². The van der Waals surface area contributed by atoms with Gasteiger partial charge in [0.1, 0.15) is 5.75 Å². The molecule has 0 saturated heterocycles. The molecule has 0 aliphatic rings. The van der Waals surface area contributed by atoms with Gasteiger partial charge in [0.15, 0.2) is 0 Å². The second-order valence-electron chi connectivity index (χ2n) is 4.35. The molecular formula is C15H13Cl3N2O2. The zero-order chi connectivity index (χ0) is 16.1. The van der Waals surface area contributed by atoms with Crippen LogP contribution in [0, 0.1) is 0 Å². The summed E-state index contributed by atoms with van der Waals surface area (Å²) in [6.45, 7) is 0.0610. The van der Waals surface area contributed by atoms with E-state index in [-0.39, 0.29) is 12.5 Å². The van der Waals surface area contributed by atoms with Crippen LogP contribution in [0.1, 0.15) is 0 Å². The van der Waals surface area contributed by atoms with Gasteiger partial charge in [0.25, 0.3) is 0 Å². The van der Waals surface area contributed by atoms with Gasteiger partial charge >= 0.3 is 0 Å². The monoisotopic (exact) mass is 358 g/mol. The number of benzene rings is 2. The van der Waals surface area contributed by atoms with Gasteiger partial charge in [0.05, 0.1) is 34.4 Å². The van der Waals surface area contributed by atoms with E-state index >= 15 is 0 Å². The number of halogens is 3. The molecule has 2 rings (SSSR count). The Morgan fingerprint density at radius 3 is 2.59 bits per heavy atom. The number of anilines is 2. The quantitative estimate of drug-likeness (QED) is 0.813. The number of methoxy groups -OCH3 is 1. The molecule has 116 valence electrons. The standard InChI is InChI=1S/C15H13Cl3N2O2/c1-22-13-6-5-9(7-11(13)17)19-8-14(21)20-12-4-2-3-10(16)15(12)18/h2-7,19H,8H2,1H3,(H,20,21). The Morgan fingerprint density at radius 2 is 1.91 bits per heavy atom. The highest BCUT2D eigenvalue weighted by molar-refractivity contribution is 6.44. The molecule has 0 radical (unpaired) electrons. The number of nitrogens with one attached hydrogen (secondary N) is 2. The van der Waals surface area contributed by atoms with Gasteiger partial charge in [-0.1, -0.05) is 40.9 Å². The highest BCUT2D eigenvalue weighted by Gasteiger charge is 2.08. The van der Waals surface area contributed by atoms with Crippen LogP contribution in [0.2, 0.25) is 15.1 Å². The molecule has 0 atom stereocenters. The fourth-order valence-corrected chi connectivity index (χ4v) is 2.36. The first-order chi connectivity index (χ1) is 10.5. The molecule has 1 amide bonds. The van der Waals surface area contributed by atoms with Gasteiger partial charge in [-0.2, -0.15) is 0 Å². The summed E-state index contributed by atoms with van der Waals surface area (Å²) >= 11 is 17.9. The molecule has 22 heavy (non-hydrogen) atoms. The van der Waals surface area contributed by atoms with Gasteiger partial charge in [0, 0.05) is 5.69 Å². The van der Waals surface area contributed by atoms with Gasteiger partial charge in [-0.15, -0.1) is 0 Å². The first kappa shape index (κ1) is 16.7. The summed E-state index contributed by atoms with van der Waals surface area (Å²) in [5, 5.41) is 6.80. The van der Waals surface area contributed by atoms with E-state index < -0.39 is 0 Å². The number of rotatable bonds is 5. The van der Waals surface area contributed by atoms with Gasteiger partial charge in [-0.3, -0.25) is 4.79 Å². The van der Waals surface area contributed by atoms with Crippen LogP contribution < -0.4 is 15.4 Å². The zero-order valence-corrected chi connectivity index (χ0v) is 13.9. The Hall–Kier alpha value is -1.62. The molecule has 2 aromatic rings. The van der Waals surface area contributed by atoms with Crippen LogP contribution in [-0.4, -0.2) is 19.6 Å². The van der Waals surface area contributed by atoms with Crippen molar-refractivity contribution in [2.24, 2.45) is 0 Å². The number of hydrogen-bond donors (Lipinski definition) is 2. The first-order valence-electron chi connectivity index (χ1n) is 6.32. The molecule has 0 unspecified atom stereocenters. The van der Waals surface area contributed by atoms with E-state index in [1.807, 2.05) is 0 Å². The van der Waals surface area contributed by atoms with Crippen LogP contribution in [0.4, 0.5) is 11.4 Å². The summed E-state index contributed by atoms with van der Waals surface area (Å²) in [5.74, 6) is 0.318. The van der Waals surface area contributed by atoms with Crippen LogP contribution in [0.25, 0.3) is 0 Å². The third kappa shape index (κ3) is 4.19. The molecular weight excluding hydrogens is 347 g/mol. The van der Waals surface area contributed by atoms with E-state index in [4.69, 9.17) is 39.5 Å². The van der Waals surface area contributed by atoms with Crippen LogP contribution in [0.15, 0.2) is 36.4 Å². The molecule has 0 heterocycles. The molecule has 2 aromatic carbocycles. The van der Waals surface area contributed by atoms with Crippen molar-refractivity contribution >= 4 is 52.1 Å². The van der Waals surface area contributed by atoms with Crippen molar-refractivity contribution < 1.29 is 9.53 Å². The van der Waals surface area contributed by atoms with E-state index in [1.165, 1.54) is 7.11 Å². The smallest absolute Gasteiger partial charge is 0.243 e. The number of carbonyl (C=O) groups is 1. The van der Waals surface area contributed by atoms with Gasteiger partial charge in [0.2, 0.25) is 5.91 Å². The lowest BCUT2D eigenvalue weighted by molar-refractivity contribution is -0.114. The summed E-state index contributed by atoms with van der Waals surface area (Å²) in [6.07, 6.45) is 0. The van der Waals surface area contributed by atoms with Crippen LogP contribution in [0.5, 0.6) is 5.75 Å². The third-order valence-electron chi connectivity index (χ3n) is 2.83. The Labute approximate surface area is 143 Å². The van der Waals surface area contributed by atoms with Gasteiger partial charge < -0.3 is 15.4 Å². The normalized spacial score (nSPS) is 10.2. The molecule has 0 bridgehead atoms. The molecule has 0 aliphatic carbocycles. The number of ether oxygens (including phenoxy) is 1. The van der Waals surface area contributed by atoms with E-state index in [0.717, 1.165) is 0 Å². The van der Waals surface area contributed by atoms with E-state index in [9.17, 15) is 4.79 Å². The van der Waals surface area contributed by atoms with Crippen LogP contribution >= 0.6 is 34.8 Å². The predicted molar refractivity (Wildman–Crippen MR) is 91.6 cm³/mol. The Kier molecular flexibility index (Phi) is 5.77. The summed E-state index contributed by atoms with van der Waals surface area (Å²) in [6, 6.07) is 10.2. The molecule has 0 aromatic heterocycles. The first-order valence-corrected chi connectivity index (χ1v) is 7.46. The van der Waals surface area contributed by atoms with E-state index in [2.05, 4.69) is 10.6 Å². The molecule has 0 aliphatic heterocycles. The lowest BCUT2D eigenvalue weighted by atomic mass is 10.3. The number of carbonyl (C=O) groups excluding carboxylic acids is 1. The molecule has 4 nitrogen and oxygen atoms in total. The Balaban J connectivity index is 1.95. The number of amides is 1. The molecule has 7 heteroatoms. The largest absolute Gasteiger partial charge is 0.495 e. The fraction of sp³-hybridized carbons (Fsp3) is 0.133. The maximum absolute atomic E-state index is 11.9. The highest BCUT2D eigenvalue weighted by Crippen LogP contribution is 2.29. The topological polar surface area (TPSA) is 50.4 Å². The van der Waals surface area contributed by atoms with Crippen molar-refractivity contribution in [3.05, 3.63) is 51.5 Å². The van der Waals surface area contributed by atoms with Crippen molar-refractivity contribution in [3.63, 3.8) is 0 Å². The SMILES string of the molecule is COc1ccc(NCC(=O)Nc2cccc(Cl)c2Cl)cc1Cl. The maximum Gasteiger partial charge on any atom is 0.243 e. The minimum absolute atomic E-state index is 0.0610. The van der Waals surface area contributed by atoms with Gasteiger partial charge in [-0.05, 0) is 30.3 Å². The summed E-state index contributed by atoms with van der Waals surface area (Å²) in [7, 11) is 1.54. The Morgan fingerprint density at radius 1 is 1.14 bits per heavy atom. The van der Waals surface area contributed by atoms with E-state index in [0.29, 0.717) is 32.2 Å². The van der Waals surface area contributed by atoms with Gasteiger partial charge in [-0.25, -0.2) is 0 Å². The third-order valence-corrected chi connectivity index (χ3v) is 3.94. The van der Waals surface area contributed by atoms with Crippen molar-refractivity contribution in [1.82, 2.24) is 0 Å². The number of hydrogen-bond acceptors (Lipinski definition) is 3. The second-order valence-corrected chi connectivity index (χ2v) is 5.54. The molecule has 0 fully saturated rings. The van der Waals surface area contributed by atoms with E-state index in [1.54, 1.807) is 36.4 Å². The van der Waals surface area contributed by atoms with Crippen molar-refractivity contribution in [3.8, 4) is 5.75 Å². The fourth-order valence-electron chi connectivity index (χ4n) is 1.75. The van der Waals surface area contributed by atoms with Crippen molar-refractivity contribution in [1.29, 1.82) is 0 Å². The van der Waals surface area contributed by atoms with Crippen LogP contribution in [0.3, 0.4) is 0 Å². The van der Waals surface area contributed by atoms with Crippen molar-refractivity contribution in [2.75, 3.05) is 24.3 Å². The average Bonchev–Trinajstić information content (AvgIpc) is 2.50. The summed E-state index contributed by atoms with van der Waals surface area (Å²) in [5.41, 5.74) is 1.17. The van der Waals surface area contributed by atoms with Crippen LogP contribution in [-0.2, 0) is 4.79 Å². The summed E-state index contributed by atoms with van der Waals surface area (Å²) in [4.78, 5) is 11.9. The molecule has 2 N–H and O–H groups in total. The summed E-state index contributed by atoms with van der Waals surface area (Å²) < 4.78 is 5.06. The minimum Gasteiger partial charge on any atom is -0.495 e. The average molecular weight is 360 g/mol. The molecule has 0 spiro atoms. The lowest BCUT2D eigenvalue weighted by Crippen LogP contribution is -2.21. The second kappa shape index (κ2) is 7.58. The maximum atomic E-state index is 11.9. The predicted octanol–water partition coefficient (Wildman–Crippen LogP) is 4.71. The lowest BCUT2D eigenvalue weighted by Gasteiger charge is -2.11.